The first-order valence-electron chi connectivity index (χ1n) is 6.23. The van der Waals surface area contributed by atoms with E-state index in [0.29, 0.717) is 10.7 Å². The Morgan fingerprint density at radius 3 is 2.12 bits per heavy atom. The summed E-state index contributed by atoms with van der Waals surface area (Å²) in [6, 6.07) is 2.16. The van der Waals surface area contributed by atoms with Crippen LogP contribution in [0.2, 0.25) is 0 Å². The second kappa shape index (κ2) is 5.66. The lowest BCUT2D eigenvalue weighted by atomic mass is 10.2. The quantitative estimate of drug-likeness (QED) is 0.511. The fraction of sp³-hybridized carbons (Fsp3) is 0.167. The maximum absolute atomic E-state index is 11.5. The van der Waals surface area contributed by atoms with Crippen LogP contribution in [-0.2, 0) is 20.2 Å². The van der Waals surface area contributed by atoms with Gasteiger partial charge >= 0.3 is 0 Å². The van der Waals surface area contributed by atoms with Gasteiger partial charge in [0.25, 0.3) is 20.2 Å². The lowest BCUT2D eigenvalue weighted by molar-refractivity contribution is 0.101. The van der Waals surface area contributed by atoms with Crippen molar-refractivity contribution in [1.29, 1.82) is 0 Å². The molecule has 0 aliphatic carbocycles. The summed E-state index contributed by atoms with van der Waals surface area (Å²) in [5, 5.41) is 13.8. The number of Topliss-reactive ketones (excluding diaryl/α,β-unsaturated/α-hetero) is 1. The molecule has 130 valence electrons. The van der Waals surface area contributed by atoms with Crippen LogP contribution in [0.25, 0.3) is 5.69 Å². The van der Waals surface area contributed by atoms with Gasteiger partial charge in [-0.15, -0.1) is 0 Å². The molecule has 24 heavy (non-hydrogen) atoms. The van der Waals surface area contributed by atoms with Gasteiger partial charge in [0, 0.05) is 12.5 Å². The summed E-state index contributed by atoms with van der Waals surface area (Å²) in [6.45, 7) is 2.51. The van der Waals surface area contributed by atoms with E-state index in [9.17, 15) is 31.3 Å². The van der Waals surface area contributed by atoms with E-state index < -0.39 is 47.4 Å². The topological polar surface area (TPSA) is 164 Å². The Kier molecular flexibility index (Phi) is 4.26. The molecule has 12 heteroatoms. The van der Waals surface area contributed by atoms with Crippen molar-refractivity contribution in [3.63, 3.8) is 0 Å². The Labute approximate surface area is 136 Å². The highest BCUT2D eigenvalue weighted by Crippen LogP contribution is 2.30. The Bertz CT molecular complexity index is 1050. The van der Waals surface area contributed by atoms with E-state index in [1.807, 2.05) is 0 Å². The van der Waals surface area contributed by atoms with Gasteiger partial charge in [0.1, 0.15) is 10.6 Å². The number of carbonyl (C=O) groups is 1. The van der Waals surface area contributed by atoms with Gasteiger partial charge in [-0.3, -0.25) is 13.9 Å². The summed E-state index contributed by atoms with van der Waals surface area (Å²) in [5.41, 5.74) is -0.701. The van der Waals surface area contributed by atoms with Crippen molar-refractivity contribution >= 4 is 26.0 Å². The minimum Gasteiger partial charge on any atom is -0.493 e. The average molecular weight is 376 g/mol. The molecule has 2 aromatic rings. The zero-order chi connectivity index (χ0) is 18.4. The van der Waals surface area contributed by atoms with Gasteiger partial charge in [0.05, 0.1) is 10.6 Å². The van der Waals surface area contributed by atoms with Crippen molar-refractivity contribution in [2.75, 3.05) is 0 Å². The molecule has 0 spiro atoms. The van der Waals surface area contributed by atoms with Gasteiger partial charge in [0.2, 0.25) is 5.88 Å². The van der Waals surface area contributed by atoms with Crippen molar-refractivity contribution in [3.05, 3.63) is 29.5 Å². The lowest BCUT2D eigenvalue weighted by Crippen LogP contribution is -2.09. The van der Waals surface area contributed by atoms with Crippen LogP contribution in [0.5, 0.6) is 5.88 Å². The van der Waals surface area contributed by atoms with E-state index in [2.05, 4.69) is 5.10 Å². The van der Waals surface area contributed by atoms with E-state index in [4.69, 9.17) is 4.55 Å². The number of benzene rings is 1. The maximum atomic E-state index is 11.5. The molecular formula is C12H12N2O8S2. The largest absolute Gasteiger partial charge is 0.493 e. The second-order valence-electron chi connectivity index (χ2n) is 4.84. The van der Waals surface area contributed by atoms with E-state index in [-0.39, 0.29) is 11.3 Å². The van der Waals surface area contributed by atoms with Crippen LogP contribution in [0.15, 0.2) is 28.0 Å². The highest BCUT2D eigenvalue weighted by Gasteiger charge is 2.25. The number of aromatic nitrogens is 2. The molecule has 0 aliphatic rings. The minimum atomic E-state index is -4.82. The zero-order valence-corrected chi connectivity index (χ0v) is 14.0. The van der Waals surface area contributed by atoms with Crippen LogP contribution in [0, 0.1) is 6.92 Å². The molecule has 0 aliphatic heterocycles. The first-order valence-corrected chi connectivity index (χ1v) is 9.11. The highest BCUT2D eigenvalue weighted by molar-refractivity contribution is 7.86. The number of nitrogens with zero attached hydrogens (tertiary/aromatic N) is 2. The summed E-state index contributed by atoms with van der Waals surface area (Å²) in [7, 11) is -9.51. The molecule has 1 aromatic heterocycles. The first-order chi connectivity index (χ1) is 10.8. The van der Waals surface area contributed by atoms with E-state index in [1.54, 1.807) is 0 Å². The van der Waals surface area contributed by atoms with E-state index in [0.717, 1.165) is 19.1 Å². The Hall–Kier alpha value is -2.28. The number of rotatable bonds is 4. The molecule has 1 aromatic carbocycles. The molecule has 0 atom stereocenters. The third-order valence-corrected chi connectivity index (χ3v) is 4.91. The Balaban J connectivity index is 2.91. The van der Waals surface area contributed by atoms with Gasteiger partial charge in [0.15, 0.2) is 5.78 Å². The van der Waals surface area contributed by atoms with Crippen LogP contribution in [0.1, 0.15) is 23.0 Å². The summed E-state index contributed by atoms with van der Waals surface area (Å²) in [5.74, 6) is -1.15. The zero-order valence-electron chi connectivity index (χ0n) is 12.3. The third-order valence-electron chi connectivity index (χ3n) is 3.16. The van der Waals surface area contributed by atoms with Crippen molar-refractivity contribution in [1.82, 2.24) is 9.78 Å². The molecule has 0 saturated heterocycles. The molecule has 10 nitrogen and oxygen atoms in total. The standard InChI is InChI=1S/C12H12N2O8S2/c1-6-11(7(2)15)13-14(12(6)16)9-5-8(23(17,18)19)3-4-10(9)24(20,21)22/h3-5,16H,1-2H3,(H,17,18,19)(H,20,21,22). The van der Waals surface area contributed by atoms with Crippen LogP contribution in [0.4, 0.5) is 0 Å². The van der Waals surface area contributed by atoms with Gasteiger partial charge < -0.3 is 5.11 Å². The molecule has 0 fully saturated rings. The number of ketones is 1. The Morgan fingerprint density at radius 1 is 1.12 bits per heavy atom. The smallest absolute Gasteiger partial charge is 0.296 e. The molecule has 0 amide bonds. The predicted octanol–water partition coefficient (Wildman–Crippen LogP) is 0.582. The lowest BCUT2D eigenvalue weighted by Gasteiger charge is -2.10. The molecule has 0 radical (unpaired) electrons. The van der Waals surface area contributed by atoms with Gasteiger partial charge in [-0.1, -0.05) is 0 Å². The second-order valence-corrected chi connectivity index (χ2v) is 7.66. The number of hydrogen-bond acceptors (Lipinski definition) is 7. The van der Waals surface area contributed by atoms with Crippen molar-refractivity contribution in [2.24, 2.45) is 0 Å². The van der Waals surface area contributed by atoms with E-state index in [1.165, 1.54) is 6.92 Å². The summed E-state index contributed by atoms with van der Waals surface area (Å²) in [6.07, 6.45) is 0. The molecule has 3 N–H and O–H groups in total. The average Bonchev–Trinajstić information content (AvgIpc) is 2.73. The number of aromatic hydroxyl groups is 1. The normalized spacial score (nSPS) is 12.3. The van der Waals surface area contributed by atoms with Crippen molar-refractivity contribution < 1.29 is 35.8 Å². The first kappa shape index (κ1) is 18.1. The van der Waals surface area contributed by atoms with E-state index >= 15 is 0 Å². The summed E-state index contributed by atoms with van der Waals surface area (Å²) < 4.78 is 64.4. The molecule has 0 bridgehead atoms. The van der Waals surface area contributed by atoms with Crippen LogP contribution >= 0.6 is 0 Å². The maximum Gasteiger partial charge on any atom is 0.296 e. The van der Waals surface area contributed by atoms with Crippen molar-refractivity contribution in [2.45, 2.75) is 23.6 Å². The fourth-order valence-electron chi connectivity index (χ4n) is 2.03. The highest BCUT2D eigenvalue weighted by atomic mass is 32.2. The monoisotopic (exact) mass is 376 g/mol. The third kappa shape index (κ3) is 3.17. The number of carbonyl (C=O) groups excluding carboxylic acids is 1. The SMILES string of the molecule is CC(=O)c1nn(-c2cc(S(=O)(=O)O)ccc2S(=O)(=O)O)c(O)c1C. The summed E-state index contributed by atoms with van der Waals surface area (Å²) in [4.78, 5) is 10.0. The van der Waals surface area contributed by atoms with Gasteiger partial charge in [-0.2, -0.15) is 26.6 Å². The summed E-state index contributed by atoms with van der Waals surface area (Å²) >= 11 is 0. The van der Waals surface area contributed by atoms with Gasteiger partial charge in [-0.05, 0) is 25.1 Å². The van der Waals surface area contributed by atoms with Crippen LogP contribution in [0.3, 0.4) is 0 Å². The molecule has 0 saturated carbocycles. The fourth-order valence-corrected chi connectivity index (χ4v) is 3.18. The van der Waals surface area contributed by atoms with Crippen molar-refractivity contribution in [3.8, 4) is 11.6 Å². The molecule has 1 heterocycles. The Morgan fingerprint density at radius 2 is 1.71 bits per heavy atom. The minimum absolute atomic E-state index is 0.0287. The molecule has 2 rings (SSSR count). The molecular weight excluding hydrogens is 364 g/mol. The molecule has 0 unspecified atom stereocenters. The van der Waals surface area contributed by atoms with Gasteiger partial charge in [-0.25, -0.2) is 0 Å². The predicted molar refractivity (Wildman–Crippen MR) is 79.6 cm³/mol. The number of hydrogen-bond donors (Lipinski definition) is 3. The van der Waals surface area contributed by atoms with Crippen LogP contribution < -0.4 is 0 Å². The van der Waals surface area contributed by atoms with Crippen LogP contribution in [-0.4, -0.2) is 46.6 Å².